The van der Waals surface area contributed by atoms with E-state index in [0.29, 0.717) is 41.1 Å². The van der Waals surface area contributed by atoms with Crippen LogP contribution in [0.4, 0.5) is 16.2 Å². The number of anilines is 2. The van der Waals surface area contributed by atoms with Gasteiger partial charge in [-0.05, 0) is 31.7 Å². The summed E-state index contributed by atoms with van der Waals surface area (Å²) in [4.78, 5) is 30.8. The summed E-state index contributed by atoms with van der Waals surface area (Å²) in [6, 6.07) is 1.93. The number of alkyl carbamates (subject to hydrolysis) is 1. The highest BCUT2D eigenvalue weighted by Gasteiger charge is 2.25. The molecule has 0 radical (unpaired) electrons. The van der Waals surface area contributed by atoms with Gasteiger partial charge in [0.1, 0.15) is 16.3 Å². The highest BCUT2D eigenvalue weighted by molar-refractivity contribution is 7.21. The highest BCUT2D eigenvalue weighted by atomic mass is 35.5. The summed E-state index contributed by atoms with van der Waals surface area (Å²) in [6.45, 7) is 4.99. The van der Waals surface area contributed by atoms with Crippen LogP contribution in [0.25, 0.3) is 10.2 Å². The van der Waals surface area contributed by atoms with Gasteiger partial charge >= 0.3 is 6.09 Å². The van der Waals surface area contributed by atoms with Crippen molar-refractivity contribution in [3.63, 3.8) is 0 Å². The van der Waals surface area contributed by atoms with Crippen LogP contribution in [-0.2, 0) is 9.47 Å². The Labute approximate surface area is 190 Å². The number of hydrogen-bond donors (Lipinski definition) is 3. The van der Waals surface area contributed by atoms with Gasteiger partial charge in [0.2, 0.25) is 0 Å². The number of nitrogens with two attached hydrogens (primary N) is 2. The molecule has 170 valence electrons. The third kappa shape index (κ3) is 6.11. The Balaban J connectivity index is 1.52. The number of nitrogen functional groups attached to an aromatic ring is 1. The van der Waals surface area contributed by atoms with Crippen LogP contribution < -0.4 is 21.7 Å². The highest BCUT2D eigenvalue weighted by Crippen LogP contribution is 2.39. The monoisotopic (exact) mass is 469 g/mol. The molecule has 2 amide bonds. The first-order chi connectivity index (χ1) is 14.9. The van der Waals surface area contributed by atoms with Crippen LogP contribution in [-0.4, -0.2) is 61.8 Å². The predicted molar refractivity (Wildman–Crippen MR) is 123 cm³/mol. The number of aromatic nitrogens is 1. The van der Waals surface area contributed by atoms with Gasteiger partial charge in [-0.2, -0.15) is 0 Å². The zero-order valence-corrected chi connectivity index (χ0v) is 19.0. The number of carbonyl (C=O) groups is 2. The van der Waals surface area contributed by atoms with Crippen molar-refractivity contribution in [3.8, 4) is 0 Å². The van der Waals surface area contributed by atoms with Gasteiger partial charge in [0, 0.05) is 25.8 Å². The molecule has 1 fully saturated rings. The molecular weight excluding hydrogens is 442 g/mol. The van der Waals surface area contributed by atoms with Crippen LogP contribution in [0.2, 0.25) is 0 Å². The van der Waals surface area contributed by atoms with Crippen molar-refractivity contribution >= 4 is 56.5 Å². The second-order valence-corrected chi connectivity index (χ2v) is 9.30. The molecule has 1 aliphatic rings. The van der Waals surface area contributed by atoms with E-state index >= 15 is 0 Å². The number of hydrogen-bond acceptors (Lipinski definition) is 8. The van der Waals surface area contributed by atoms with Crippen LogP contribution >= 0.6 is 22.9 Å². The summed E-state index contributed by atoms with van der Waals surface area (Å²) in [5.74, 6) is -0.192. The minimum Gasteiger partial charge on any atom is -0.448 e. The summed E-state index contributed by atoms with van der Waals surface area (Å²) in [7, 11) is 0. The summed E-state index contributed by atoms with van der Waals surface area (Å²) in [6.07, 6.45) is 3.31. The van der Waals surface area contributed by atoms with Gasteiger partial charge in [0.15, 0.2) is 0 Å². The van der Waals surface area contributed by atoms with E-state index in [4.69, 9.17) is 32.5 Å². The van der Waals surface area contributed by atoms with E-state index in [-0.39, 0.29) is 12.0 Å². The zero-order valence-electron chi connectivity index (χ0n) is 17.4. The molecule has 2 atom stereocenters. The molecule has 0 aliphatic carbocycles. The third-order valence-electron chi connectivity index (χ3n) is 5.00. The number of thiophene rings is 1. The van der Waals surface area contributed by atoms with E-state index in [9.17, 15) is 9.59 Å². The molecule has 0 aromatic carbocycles. The van der Waals surface area contributed by atoms with E-state index in [0.717, 1.165) is 37.0 Å². The molecule has 31 heavy (non-hydrogen) atoms. The van der Waals surface area contributed by atoms with Crippen molar-refractivity contribution in [2.45, 2.75) is 25.1 Å². The molecule has 3 heterocycles. The number of nitrogens with zero attached hydrogens (tertiary/aromatic N) is 2. The maximum absolute atomic E-state index is 11.7. The lowest BCUT2D eigenvalue weighted by Gasteiger charge is -2.34. The van der Waals surface area contributed by atoms with E-state index in [2.05, 4.69) is 15.2 Å². The quantitative estimate of drug-likeness (QED) is 0.379. The average molecular weight is 470 g/mol. The van der Waals surface area contributed by atoms with E-state index in [1.165, 1.54) is 11.3 Å². The number of halogens is 1. The number of ether oxygens (including phenoxy) is 2. The Morgan fingerprint density at radius 3 is 3.03 bits per heavy atom. The second-order valence-electron chi connectivity index (χ2n) is 7.55. The fourth-order valence-electron chi connectivity index (χ4n) is 3.61. The van der Waals surface area contributed by atoms with Crippen LogP contribution in [0.15, 0.2) is 12.3 Å². The fraction of sp³-hybridized carbons (Fsp3) is 0.550. The van der Waals surface area contributed by atoms with E-state index < -0.39 is 12.0 Å². The van der Waals surface area contributed by atoms with Crippen LogP contribution in [0.5, 0.6) is 0 Å². The number of piperidine rings is 1. The van der Waals surface area contributed by atoms with Crippen LogP contribution in [0.3, 0.4) is 0 Å². The lowest BCUT2D eigenvalue weighted by atomic mass is 9.98. The summed E-state index contributed by atoms with van der Waals surface area (Å²) >= 11 is 6.96. The zero-order chi connectivity index (χ0) is 22.4. The molecule has 0 spiro atoms. The molecule has 11 heteroatoms. The largest absolute Gasteiger partial charge is 0.448 e. The van der Waals surface area contributed by atoms with Gasteiger partial charge in [-0.1, -0.05) is 0 Å². The standard InChI is InChI=1S/C20H28ClN5O4S/c1-12(21)10-30-20(28)25-6-8-29-11-13-3-2-7-26(9-13)14-4-5-24-19-15(14)16(22)17(31-19)18(23)27/h4-5,12-13H,2-3,6-11,22H2,1H3,(H2,23,27)(H,25,28). The Morgan fingerprint density at radius 1 is 1.48 bits per heavy atom. The smallest absolute Gasteiger partial charge is 0.407 e. The molecule has 1 aliphatic heterocycles. The maximum atomic E-state index is 11.7. The number of alkyl halides is 1. The molecule has 1 saturated heterocycles. The fourth-order valence-corrected chi connectivity index (χ4v) is 4.61. The summed E-state index contributed by atoms with van der Waals surface area (Å²) < 4.78 is 10.7. The Kier molecular flexibility index (Phi) is 8.16. The molecule has 3 rings (SSSR count). The van der Waals surface area contributed by atoms with Gasteiger partial charge in [0.25, 0.3) is 5.91 Å². The summed E-state index contributed by atoms with van der Waals surface area (Å²) in [5, 5.41) is 3.21. The molecule has 2 aromatic heterocycles. The predicted octanol–water partition coefficient (Wildman–Crippen LogP) is 2.56. The van der Waals surface area contributed by atoms with Gasteiger partial charge in [-0.25, -0.2) is 9.78 Å². The molecule has 2 aromatic rings. The van der Waals surface area contributed by atoms with Gasteiger partial charge in [-0.15, -0.1) is 22.9 Å². The van der Waals surface area contributed by atoms with Crippen molar-refractivity contribution in [2.24, 2.45) is 11.7 Å². The second kappa shape index (κ2) is 10.8. The Bertz CT molecular complexity index is 922. The number of amides is 2. The molecule has 9 nitrogen and oxygen atoms in total. The molecule has 5 N–H and O–H groups in total. The lowest BCUT2D eigenvalue weighted by Crippen LogP contribution is -2.38. The molecular formula is C20H28ClN5O4S. The van der Waals surface area contributed by atoms with E-state index in [1.807, 2.05) is 6.07 Å². The first kappa shape index (κ1) is 23.4. The summed E-state index contributed by atoms with van der Waals surface area (Å²) in [5.41, 5.74) is 13.0. The minimum absolute atomic E-state index is 0.171. The Hall–Kier alpha value is -2.30. The number of pyridine rings is 1. The van der Waals surface area contributed by atoms with Crippen molar-refractivity contribution in [1.29, 1.82) is 0 Å². The van der Waals surface area contributed by atoms with Crippen molar-refractivity contribution < 1.29 is 19.1 Å². The lowest BCUT2D eigenvalue weighted by molar-refractivity contribution is 0.0917. The SMILES string of the molecule is CC(Cl)COC(=O)NCCOCC1CCCN(c2ccnc3sc(C(N)=O)c(N)c23)C1. The Morgan fingerprint density at radius 2 is 2.29 bits per heavy atom. The van der Waals surface area contributed by atoms with Gasteiger partial charge in [0.05, 0.1) is 35.4 Å². The van der Waals surface area contributed by atoms with Crippen molar-refractivity contribution in [2.75, 3.05) is 50.1 Å². The van der Waals surface area contributed by atoms with Gasteiger partial charge in [-0.3, -0.25) is 4.79 Å². The van der Waals surface area contributed by atoms with Crippen LogP contribution in [0.1, 0.15) is 29.4 Å². The van der Waals surface area contributed by atoms with Gasteiger partial charge < -0.3 is 31.2 Å². The van der Waals surface area contributed by atoms with Crippen LogP contribution in [0, 0.1) is 5.92 Å². The van der Waals surface area contributed by atoms with E-state index in [1.54, 1.807) is 13.1 Å². The van der Waals surface area contributed by atoms with Crippen molar-refractivity contribution in [1.82, 2.24) is 10.3 Å². The number of carbonyl (C=O) groups excluding carboxylic acids is 2. The molecule has 0 bridgehead atoms. The first-order valence-corrected chi connectivity index (χ1v) is 11.5. The maximum Gasteiger partial charge on any atom is 0.407 e. The number of primary amides is 1. The molecule has 2 unspecified atom stereocenters. The van der Waals surface area contributed by atoms with Crippen molar-refractivity contribution in [3.05, 3.63) is 17.1 Å². The first-order valence-electron chi connectivity index (χ1n) is 10.2. The topological polar surface area (TPSA) is 133 Å². The number of nitrogens with one attached hydrogen (secondary N) is 1. The number of rotatable bonds is 9. The number of fused-ring (bicyclic) bond motifs is 1. The molecule has 0 saturated carbocycles. The third-order valence-corrected chi connectivity index (χ3v) is 6.26. The average Bonchev–Trinajstić information content (AvgIpc) is 3.09. The normalized spacial score (nSPS) is 17.5. The minimum atomic E-state index is -0.536.